The van der Waals surface area contributed by atoms with Crippen molar-refractivity contribution in [1.82, 2.24) is 15.0 Å². The second-order valence-corrected chi connectivity index (χ2v) is 12.8. The molecule has 10 aromatic rings. The van der Waals surface area contributed by atoms with Crippen LogP contribution >= 0.6 is 0 Å². The van der Waals surface area contributed by atoms with Crippen LogP contribution in [0.2, 0.25) is 0 Å². The number of fused-ring (bicyclic) bond motifs is 5. The average Bonchev–Trinajstić information content (AvgIpc) is 3.59. The van der Waals surface area contributed by atoms with Crippen molar-refractivity contribution in [3.63, 3.8) is 0 Å². The van der Waals surface area contributed by atoms with Crippen LogP contribution in [0.15, 0.2) is 180 Å². The van der Waals surface area contributed by atoms with Crippen molar-refractivity contribution < 1.29 is 4.42 Å². The second kappa shape index (κ2) is 11.9. The first kappa shape index (κ1) is 29.0. The molecule has 0 atom stereocenters. The highest BCUT2D eigenvalue weighted by Gasteiger charge is 2.19. The molecule has 0 amide bonds. The van der Waals surface area contributed by atoms with Crippen molar-refractivity contribution in [2.45, 2.75) is 0 Å². The Morgan fingerprint density at radius 2 is 0.843 bits per heavy atom. The molecule has 0 aliphatic rings. The Kier molecular flexibility index (Phi) is 6.78. The Bertz CT molecular complexity index is 2920. The third-order valence-electron chi connectivity index (χ3n) is 9.75. The zero-order chi connectivity index (χ0) is 33.7. The van der Waals surface area contributed by atoms with E-state index >= 15 is 0 Å². The van der Waals surface area contributed by atoms with Gasteiger partial charge in [0.2, 0.25) is 0 Å². The summed E-state index contributed by atoms with van der Waals surface area (Å²) in [6.45, 7) is 0. The molecule has 238 valence electrons. The molecule has 0 spiro atoms. The van der Waals surface area contributed by atoms with Crippen LogP contribution in [0.5, 0.6) is 0 Å². The molecule has 4 heteroatoms. The summed E-state index contributed by atoms with van der Waals surface area (Å²) in [5.74, 6) is 1.77. The normalized spacial score (nSPS) is 11.5. The van der Waals surface area contributed by atoms with Crippen LogP contribution in [-0.2, 0) is 0 Å². The lowest BCUT2D eigenvalue weighted by Crippen LogP contribution is -2.01. The fraction of sp³-hybridized carbons (Fsp3) is 0. The molecule has 0 fully saturated rings. The third kappa shape index (κ3) is 4.96. The minimum atomic E-state index is 0.562. The zero-order valence-electron chi connectivity index (χ0n) is 27.5. The lowest BCUT2D eigenvalue weighted by atomic mass is 9.94. The highest BCUT2D eigenvalue weighted by Crippen LogP contribution is 2.39. The zero-order valence-corrected chi connectivity index (χ0v) is 27.5. The van der Waals surface area contributed by atoms with E-state index in [-0.39, 0.29) is 0 Å². The van der Waals surface area contributed by atoms with Crippen LogP contribution in [-0.4, -0.2) is 15.0 Å². The van der Waals surface area contributed by atoms with E-state index in [9.17, 15) is 0 Å². The lowest BCUT2D eigenvalue weighted by molar-refractivity contribution is 0.669. The highest BCUT2D eigenvalue weighted by atomic mass is 16.3. The molecule has 0 saturated carbocycles. The minimum absolute atomic E-state index is 0.562. The van der Waals surface area contributed by atoms with Crippen molar-refractivity contribution in [2.24, 2.45) is 0 Å². The quantitative estimate of drug-likeness (QED) is 0.186. The van der Waals surface area contributed by atoms with E-state index in [4.69, 9.17) is 19.4 Å². The highest BCUT2D eigenvalue weighted by molar-refractivity contribution is 6.09. The van der Waals surface area contributed by atoms with Gasteiger partial charge in [-0.25, -0.2) is 15.0 Å². The molecular formula is C47H29N3O. The molecule has 0 aliphatic heterocycles. The van der Waals surface area contributed by atoms with E-state index in [2.05, 4.69) is 140 Å². The summed E-state index contributed by atoms with van der Waals surface area (Å²) < 4.78 is 6.48. The molecule has 0 aliphatic carbocycles. The Balaban J connectivity index is 1.21. The summed E-state index contributed by atoms with van der Waals surface area (Å²) in [5.41, 5.74) is 8.87. The number of hydrogen-bond donors (Lipinski definition) is 0. The topological polar surface area (TPSA) is 51.8 Å². The summed E-state index contributed by atoms with van der Waals surface area (Å²) in [6, 6.07) is 61.1. The summed E-state index contributed by atoms with van der Waals surface area (Å²) >= 11 is 0. The number of benzene rings is 8. The molecule has 0 saturated heterocycles. The molecule has 8 aromatic carbocycles. The van der Waals surface area contributed by atoms with Gasteiger partial charge in [-0.3, -0.25) is 0 Å². The number of hydrogen-bond acceptors (Lipinski definition) is 4. The molecule has 0 bridgehead atoms. The van der Waals surface area contributed by atoms with E-state index in [0.29, 0.717) is 17.5 Å². The van der Waals surface area contributed by atoms with Gasteiger partial charge in [0, 0.05) is 21.9 Å². The fourth-order valence-corrected chi connectivity index (χ4v) is 7.34. The summed E-state index contributed by atoms with van der Waals surface area (Å²) in [5, 5.41) is 6.72. The average molecular weight is 652 g/mol. The Hall–Kier alpha value is -6.91. The van der Waals surface area contributed by atoms with Gasteiger partial charge in [-0.1, -0.05) is 152 Å². The van der Waals surface area contributed by atoms with Crippen LogP contribution < -0.4 is 0 Å². The summed E-state index contributed by atoms with van der Waals surface area (Å²) in [4.78, 5) is 15.6. The standard InChI is InChI=1S/C47H29N3O/c1-2-13-30(14-3-1)36-27-28-41(38-21-7-6-20-37(36)38)46-48-45(33-18-10-17-32(29-33)35-23-11-16-31-15-4-5-19-34(31)35)49-47(50-46)42-25-12-24-40-39-22-8-9-26-43(39)51-44(40)42/h1-29H. The van der Waals surface area contributed by atoms with E-state index in [1.165, 1.54) is 27.5 Å². The van der Waals surface area contributed by atoms with Gasteiger partial charge < -0.3 is 4.42 Å². The van der Waals surface area contributed by atoms with Gasteiger partial charge in [-0.05, 0) is 68.1 Å². The van der Waals surface area contributed by atoms with Gasteiger partial charge in [-0.2, -0.15) is 0 Å². The first-order valence-corrected chi connectivity index (χ1v) is 17.1. The maximum Gasteiger partial charge on any atom is 0.167 e. The van der Waals surface area contributed by atoms with Crippen molar-refractivity contribution >= 4 is 43.5 Å². The van der Waals surface area contributed by atoms with E-state index < -0.39 is 0 Å². The predicted octanol–water partition coefficient (Wildman–Crippen LogP) is 12.4. The van der Waals surface area contributed by atoms with E-state index in [1.807, 2.05) is 36.4 Å². The van der Waals surface area contributed by atoms with Gasteiger partial charge in [0.1, 0.15) is 11.2 Å². The fourth-order valence-electron chi connectivity index (χ4n) is 7.34. The van der Waals surface area contributed by atoms with Crippen molar-refractivity contribution in [1.29, 1.82) is 0 Å². The molecular weight excluding hydrogens is 623 g/mol. The number of nitrogens with zero attached hydrogens (tertiary/aromatic N) is 3. The van der Waals surface area contributed by atoms with Crippen LogP contribution in [0.1, 0.15) is 0 Å². The molecule has 51 heavy (non-hydrogen) atoms. The SMILES string of the molecule is c1ccc(-c2ccc(-c3nc(-c4cccc(-c5cccc6ccccc56)c4)nc(-c4cccc5c4oc4ccccc45)n3)c3ccccc23)cc1. The van der Waals surface area contributed by atoms with Gasteiger partial charge in [0.05, 0.1) is 5.56 Å². The van der Waals surface area contributed by atoms with Crippen LogP contribution in [0.25, 0.3) is 99.9 Å². The predicted molar refractivity (Wildman–Crippen MR) is 209 cm³/mol. The molecule has 4 nitrogen and oxygen atoms in total. The Labute approximate surface area is 294 Å². The van der Waals surface area contributed by atoms with Crippen molar-refractivity contribution in [2.75, 3.05) is 0 Å². The summed E-state index contributed by atoms with van der Waals surface area (Å²) in [7, 11) is 0. The van der Waals surface area contributed by atoms with Gasteiger partial charge in [0.25, 0.3) is 0 Å². The van der Waals surface area contributed by atoms with Crippen molar-refractivity contribution in [3.8, 4) is 56.4 Å². The van der Waals surface area contributed by atoms with Gasteiger partial charge in [-0.15, -0.1) is 0 Å². The number of aromatic nitrogens is 3. The molecule has 10 rings (SSSR count). The van der Waals surface area contributed by atoms with Crippen LogP contribution in [0.4, 0.5) is 0 Å². The van der Waals surface area contributed by atoms with Gasteiger partial charge in [0.15, 0.2) is 17.5 Å². The number of furan rings is 1. The molecule has 0 N–H and O–H groups in total. The molecule has 2 aromatic heterocycles. The van der Waals surface area contributed by atoms with E-state index in [1.54, 1.807) is 0 Å². The Morgan fingerprint density at radius 3 is 1.71 bits per heavy atom. The largest absolute Gasteiger partial charge is 0.455 e. The molecule has 0 radical (unpaired) electrons. The molecule has 0 unspecified atom stereocenters. The first-order chi connectivity index (χ1) is 25.3. The van der Waals surface area contributed by atoms with Gasteiger partial charge >= 0.3 is 0 Å². The van der Waals surface area contributed by atoms with Crippen molar-refractivity contribution in [3.05, 3.63) is 176 Å². The second-order valence-electron chi connectivity index (χ2n) is 12.8. The smallest absolute Gasteiger partial charge is 0.167 e. The Morgan fingerprint density at radius 1 is 0.314 bits per heavy atom. The van der Waals surface area contributed by atoms with Crippen LogP contribution in [0.3, 0.4) is 0 Å². The maximum atomic E-state index is 6.48. The number of para-hydroxylation sites is 2. The summed E-state index contributed by atoms with van der Waals surface area (Å²) in [6.07, 6.45) is 0. The maximum absolute atomic E-state index is 6.48. The van der Waals surface area contributed by atoms with E-state index in [0.717, 1.165) is 55.0 Å². The third-order valence-corrected chi connectivity index (χ3v) is 9.75. The minimum Gasteiger partial charge on any atom is -0.455 e. The monoisotopic (exact) mass is 651 g/mol. The lowest BCUT2D eigenvalue weighted by Gasteiger charge is -2.13. The first-order valence-electron chi connectivity index (χ1n) is 17.1. The van der Waals surface area contributed by atoms with Crippen LogP contribution in [0, 0.1) is 0 Å². The molecule has 2 heterocycles. The number of rotatable bonds is 5.